The summed E-state index contributed by atoms with van der Waals surface area (Å²) in [5.74, 6) is 0.918. The number of anilines is 1. The lowest BCUT2D eigenvalue weighted by atomic mass is 10.0. The van der Waals surface area contributed by atoms with Crippen molar-refractivity contribution in [3.63, 3.8) is 0 Å². The van der Waals surface area contributed by atoms with E-state index in [0.29, 0.717) is 35.0 Å². The van der Waals surface area contributed by atoms with Crippen LogP contribution in [0.3, 0.4) is 0 Å². The second-order valence-electron chi connectivity index (χ2n) is 9.45. The molecule has 8 heteroatoms. The summed E-state index contributed by atoms with van der Waals surface area (Å²) in [5.41, 5.74) is 9.81. The predicted molar refractivity (Wildman–Crippen MR) is 132 cm³/mol. The number of benzene rings is 1. The Balaban J connectivity index is 1.63. The molecule has 178 valence electrons. The Morgan fingerprint density at radius 1 is 1.09 bits per heavy atom. The lowest BCUT2D eigenvalue weighted by Gasteiger charge is -2.26. The molecule has 1 saturated heterocycles. The maximum Gasteiger partial charge on any atom is 0.257 e. The maximum atomic E-state index is 13.3. The van der Waals surface area contributed by atoms with Gasteiger partial charge in [0.1, 0.15) is 16.9 Å². The van der Waals surface area contributed by atoms with Crippen LogP contribution in [0, 0.1) is 5.92 Å². The van der Waals surface area contributed by atoms with Crippen molar-refractivity contribution in [1.82, 2.24) is 24.8 Å². The van der Waals surface area contributed by atoms with E-state index in [9.17, 15) is 4.79 Å². The van der Waals surface area contributed by atoms with E-state index >= 15 is 0 Å². The van der Waals surface area contributed by atoms with E-state index in [-0.39, 0.29) is 11.9 Å². The zero-order chi connectivity index (χ0) is 23.4. The van der Waals surface area contributed by atoms with Gasteiger partial charge in [0.25, 0.3) is 5.91 Å². The van der Waals surface area contributed by atoms with Crippen molar-refractivity contribution in [3.05, 3.63) is 29.8 Å². The lowest BCUT2D eigenvalue weighted by Crippen LogP contribution is -2.38. The number of hydrogen-bond donors (Lipinski definition) is 2. The molecule has 1 aliphatic heterocycles. The summed E-state index contributed by atoms with van der Waals surface area (Å²) in [7, 11) is 0. The number of fused-ring (bicyclic) bond motifs is 2. The summed E-state index contributed by atoms with van der Waals surface area (Å²) in [6, 6.07) is 7.79. The van der Waals surface area contributed by atoms with E-state index in [0.717, 1.165) is 63.1 Å². The minimum absolute atomic E-state index is 0.0656. The molecule has 3 aromatic rings. The standard InChI is InChI=1S/C25H36N6O2/c1-17(2)7-6-8-18(3)27-25(32)21-22-24(29-20-10-5-4-9-19(20)28-22)31(23(21)26)12-11-30-13-15-33-16-14-30/h4-5,9-10,17-18H,6-8,11-16,26H2,1-3H3,(H,27,32)/t18-/m1/s1. The molecule has 0 bridgehead atoms. The Hall–Kier alpha value is -2.71. The van der Waals surface area contributed by atoms with Crippen LogP contribution in [0.5, 0.6) is 0 Å². The molecule has 0 unspecified atom stereocenters. The van der Waals surface area contributed by atoms with Gasteiger partial charge in [-0.25, -0.2) is 9.97 Å². The Morgan fingerprint density at radius 2 is 1.79 bits per heavy atom. The molecule has 3 heterocycles. The summed E-state index contributed by atoms with van der Waals surface area (Å²) >= 11 is 0. The first-order chi connectivity index (χ1) is 15.9. The van der Waals surface area contributed by atoms with Gasteiger partial charge in [0, 0.05) is 32.2 Å². The molecule has 4 rings (SSSR count). The number of aromatic nitrogens is 3. The van der Waals surface area contributed by atoms with Crippen molar-refractivity contribution >= 4 is 33.9 Å². The maximum absolute atomic E-state index is 13.3. The summed E-state index contributed by atoms with van der Waals surface area (Å²) in [5, 5.41) is 3.14. The zero-order valence-corrected chi connectivity index (χ0v) is 20.0. The van der Waals surface area contributed by atoms with Crippen LogP contribution in [-0.4, -0.2) is 64.2 Å². The number of rotatable bonds is 9. The third-order valence-corrected chi connectivity index (χ3v) is 6.36. The molecule has 1 aliphatic rings. The van der Waals surface area contributed by atoms with E-state index < -0.39 is 0 Å². The number of hydrogen-bond acceptors (Lipinski definition) is 6. The molecule has 2 aromatic heterocycles. The first-order valence-electron chi connectivity index (χ1n) is 12.1. The lowest BCUT2D eigenvalue weighted by molar-refractivity contribution is 0.0366. The van der Waals surface area contributed by atoms with Gasteiger partial charge < -0.3 is 20.4 Å². The number of nitrogens with one attached hydrogen (secondary N) is 1. The highest BCUT2D eigenvalue weighted by Gasteiger charge is 2.25. The van der Waals surface area contributed by atoms with Crippen LogP contribution in [0.15, 0.2) is 24.3 Å². The molecule has 3 N–H and O–H groups in total. The molecule has 1 fully saturated rings. The quantitative estimate of drug-likeness (QED) is 0.516. The Morgan fingerprint density at radius 3 is 2.48 bits per heavy atom. The molecule has 0 spiro atoms. The van der Waals surface area contributed by atoms with E-state index in [4.69, 9.17) is 20.4 Å². The van der Waals surface area contributed by atoms with Crippen molar-refractivity contribution in [2.75, 3.05) is 38.6 Å². The third-order valence-electron chi connectivity index (χ3n) is 6.36. The highest BCUT2D eigenvalue weighted by atomic mass is 16.5. The minimum Gasteiger partial charge on any atom is -0.384 e. The molecule has 0 aliphatic carbocycles. The van der Waals surface area contributed by atoms with Crippen LogP contribution >= 0.6 is 0 Å². The zero-order valence-electron chi connectivity index (χ0n) is 20.0. The monoisotopic (exact) mass is 452 g/mol. The van der Waals surface area contributed by atoms with Crippen LogP contribution in [0.4, 0.5) is 5.82 Å². The highest BCUT2D eigenvalue weighted by Crippen LogP contribution is 2.28. The summed E-state index contributed by atoms with van der Waals surface area (Å²) in [4.78, 5) is 25.4. The molecule has 8 nitrogen and oxygen atoms in total. The Labute approximate surface area is 195 Å². The van der Waals surface area contributed by atoms with Gasteiger partial charge >= 0.3 is 0 Å². The second-order valence-corrected chi connectivity index (χ2v) is 9.45. The smallest absolute Gasteiger partial charge is 0.257 e. The van der Waals surface area contributed by atoms with Crippen molar-refractivity contribution in [3.8, 4) is 0 Å². The van der Waals surface area contributed by atoms with Crippen molar-refractivity contribution in [2.24, 2.45) is 5.92 Å². The topological polar surface area (TPSA) is 98.3 Å². The Kier molecular flexibility index (Phi) is 7.45. The van der Waals surface area contributed by atoms with Gasteiger partial charge in [-0.3, -0.25) is 9.69 Å². The number of amides is 1. The number of nitrogen functional groups attached to an aromatic ring is 1. The van der Waals surface area contributed by atoms with Crippen LogP contribution in [0.25, 0.3) is 22.2 Å². The van der Waals surface area contributed by atoms with Gasteiger partial charge in [-0.1, -0.05) is 38.8 Å². The molecule has 1 amide bonds. The number of morpholine rings is 1. The number of carbonyl (C=O) groups excluding carboxylic acids is 1. The fourth-order valence-electron chi connectivity index (χ4n) is 4.43. The molecular weight excluding hydrogens is 416 g/mol. The average Bonchev–Trinajstić information content (AvgIpc) is 3.06. The fraction of sp³-hybridized carbons (Fsp3) is 0.560. The van der Waals surface area contributed by atoms with E-state index in [1.165, 1.54) is 0 Å². The van der Waals surface area contributed by atoms with Crippen LogP contribution < -0.4 is 11.1 Å². The summed E-state index contributed by atoms with van der Waals surface area (Å²) in [6.07, 6.45) is 3.18. The molecular formula is C25H36N6O2. The van der Waals surface area contributed by atoms with E-state index in [1.54, 1.807) is 0 Å². The molecule has 1 atom stereocenters. The molecule has 0 radical (unpaired) electrons. The summed E-state index contributed by atoms with van der Waals surface area (Å²) in [6.45, 7) is 11.2. The van der Waals surface area contributed by atoms with Crippen LogP contribution in [0.2, 0.25) is 0 Å². The largest absolute Gasteiger partial charge is 0.384 e. The third kappa shape index (κ3) is 5.45. The first kappa shape index (κ1) is 23.4. The molecule has 1 aromatic carbocycles. The first-order valence-corrected chi connectivity index (χ1v) is 12.1. The van der Waals surface area contributed by atoms with Gasteiger partial charge in [0.05, 0.1) is 24.2 Å². The number of nitrogens with two attached hydrogens (primary N) is 1. The normalized spacial score (nSPS) is 16.0. The highest BCUT2D eigenvalue weighted by molar-refractivity contribution is 6.10. The van der Waals surface area contributed by atoms with Gasteiger partial charge in [-0.2, -0.15) is 0 Å². The predicted octanol–water partition coefficient (Wildman–Crippen LogP) is 3.44. The average molecular weight is 453 g/mol. The number of para-hydroxylation sites is 2. The van der Waals surface area contributed by atoms with Crippen LogP contribution in [0.1, 0.15) is 50.4 Å². The van der Waals surface area contributed by atoms with Gasteiger partial charge in [-0.05, 0) is 31.4 Å². The van der Waals surface area contributed by atoms with Gasteiger partial charge in [-0.15, -0.1) is 0 Å². The van der Waals surface area contributed by atoms with Gasteiger partial charge in [0.2, 0.25) is 0 Å². The SMILES string of the molecule is CC(C)CCC[C@@H](C)NC(=O)c1c(N)n(CCN2CCOCC2)c2nc3ccccc3nc12. The minimum atomic E-state index is -0.177. The number of nitrogens with zero attached hydrogens (tertiary/aromatic N) is 4. The van der Waals surface area contributed by atoms with E-state index in [2.05, 4.69) is 24.1 Å². The van der Waals surface area contributed by atoms with E-state index in [1.807, 2.05) is 35.8 Å². The van der Waals surface area contributed by atoms with Crippen LogP contribution in [-0.2, 0) is 11.3 Å². The fourth-order valence-corrected chi connectivity index (χ4v) is 4.43. The Bertz CT molecular complexity index is 1100. The summed E-state index contributed by atoms with van der Waals surface area (Å²) < 4.78 is 7.41. The molecule has 0 saturated carbocycles. The van der Waals surface area contributed by atoms with Crippen molar-refractivity contribution < 1.29 is 9.53 Å². The van der Waals surface area contributed by atoms with Crippen molar-refractivity contribution in [1.29, 1.82) is 0 Å². The number of ether oxygens (including phenoxy) is 1. The second kappa shape index (κ2) is 10.5. The van der Waals surface area contributed by atoms with Crippen molar-refractivity contribution in [2.45, 2.75) is 52.6 Å². The molecule has 33 heavy (non-hydrogen) atoms. The van der Waals surface area contributed by atoms with Gasteiger partial charge in [0.15, 0.2) is 5.65 Å². The number of carbonyl (C=O) groups is 1.